The van der Waals surface area contributed by atoms with Crippen molar-refractivity contribution in [3.8, 4) is 0 Å². The van der Waals surface area contributed by atoms with E-state index in [1.165, 1.54) is 11.1 Å². The molecule has 0 spiro atoms. The fourth-order valence-corrected chi connectivity index (χ4v) is 4.18. The molecule has 0 aromatic heterocycles. The van der Waals surface area contributed by atoms with Crippen LogP contribution in [-0.2, 0) is 11.3 Å². The highest BCUT2D eigenvalue weighted by atomic mass is 35.5. The van der Waals surface area contributed by atoms with Gasteiger partial charge in [0.15, 0.2) is 0 Å². The van der Waals surface area contributed by atoms with Crippen LogP contribution in [-0.4, -0.2) is 23.9 Å². The monoisotopic (exact) mass is 398 g/mol. The number of nitrogens with one attached hydrogen (secondary N) is 1. The molecule has 0 unspecified atom stereocenters. The summed E-state index contributed by atoms with van der Waals surface area (Å²) in [5.41, 5.74) is 2.43. The van der Waals surface area contributed by atoms with E-state index in [0.29, 0.717) is 5.92 Å². The van der Waals surface area contributed by atoms with Gasteiger partial charge in [0.25, 0.3) is 0 Å². The molecule has 1 fully saturated rings. The third kappa shape index (κ3) is 6.08. The molecule has 1 atom stereocenters. The minimum absolute atomic E-state index is 0.0955. The molecule has 1 amide bonds. The third-order valence-corrected chi connectivity index (χ3v) is 5.71. The molecule has 3 rings (SSSR count). The molecule has 1 saturated heterocycles. The standard InChI is InChI=1S/C24H31ClN2O/c1-18(2)15-23(20-8-4-3-5-9-20)26-24(28)21-11-13-27(14-12-21)17-19-7-6-10-22(25)16-19/h3-10,16,18,21,23H,11-15,17H2,1-2H3,(H,26,28)/t23-/m1/s1. The zero-order chi connectivity index (χ0) is 19.9. The lowest BCUT2D eigenvalue weighted by molar-refractivity contribution is -0.127. The Labute approximate surface area is 174 Å². The maximum Gasteiger partial charge on any atom is 0.223 e. The number of nitrogens with zero attached hydrogens (tertiary/aromatic N) is 1. The summed E-state index contributed by atoms with van der Waals surface area (Å²) in [5, 5.41) is 4.11. The second kappa shape index (κ2) is 10.1. The molecule has 0 saturated carbocycles. The Balaban J connectivity index is 1.53. The molecule has 1 aliphatic rings. The predicted octanol–water partition coefficient (Wildman–Crippen LogP) is 5.46. The highest BCUT2D eigenvalue weighted by molar-refractivity contribution is 6.30. The van der Waals surface area contributed by atoms with E-state index >= 15 is 0 Å². The van der Waals surface area contributed by atoms with Crippen molar-refractivity contribution in [1.82, 2.24) is 10.2 Å². The van der Waals surface area contributed by atoms with Crippen molar-refractivity contribution in [1.29, 1.82) is 0 Å². The first-order valence-corrected chi connectivity index (χ1v) is 10.7. The highest BCUT2D eigenvalue weighted by Gasteiger charge is 2.27. The summed E-state index contributed by atoms with van der Waals surface area (Å²) >= 11 is 6.09. The van der Waals surface area contributed by atoms with E-state index in [0.717, 1.165) is 43.9 Å². The van der Waals surface area contributed by atoms with E-state index in [-0.39, 0.29) is 17.9 Å². The number of carbonyl (C=O) groups excluding carboxylic acids is 1. The Bertz CT molecular complexity index is 754. The summed E-state index contributed by atoms with van der Waals surface area (Å²) in [4.78, 5) is 15.3. The topological polar surface area (TPSA) is 32.3 Å². The van der Waals surface area contributed by atoms with E-state index in [1.54, 1.807) is 0 Å². The van der Waals surface area contributed by atoms with Crippen LogP contribution in [0.1, 0.15) is 50.3 Å². The number of rotatable bonds is 7. The number of hydrogen-bond acceptors (Lipinski definition) is 2. The van der Waals surface area contributed by atoms with Crippen LogP contribution < -0.4 is 5.32 Å². The van der Waals surface area contributed by atoms with Gasteiger partial charge in [0.1, 0.15) is 0 Å². The van der Waals surface area contributed by atoms with E-state index in [2.05, 4.69) is 42.3 Å². The molecule has 1 N–H and O–H groups in total. The lowest BCUT2D eigenvalue weighted by atomic mass is 9.93. The molecular formula is C24H31ClN2O. The van der Waals surface area contributed by atoms with Crippen molar-refractivity contribution < 1.29 is 4.79 Å². The first-order valence-electron chi connectivity index (χ1n) is 10.3. The molecule has 1 heterocycles. The van der Waals surface area contributed by atoms with Gasteiger partial charge in [-0.15, -0.1) is 0 Å². The molecule has 0 aliphatic carbocycles. The van der Waals surface area contributed by atoms with Crippen LogP contribution in [0, 0.1) is 11.8 Å². The van der Waals surface area contributed by atoms with E-state index in [4.69, 9.17) is 11.6 Å². The van der Waals surface area contributed by atoms with E-state index in [9.17, 15) is 4.79 Å². The Hall–Kier alpha value is -1.84. The van der Waals surface area contributed by atoms with Gasteiger partial charge in [-0.05, 0) is 61.5 Å². The Morgan fingerprint density at radius 3 is 2.46 bits per heavy atom. The number of halogens is 1. The number of carbonyl (C=O) groups is 1. The van der Waals surface area contributed by atoms with Crippen molar-refractivity contribution in [2.45, 2.75) is 45.7 Å². The van der Waals surface area contributed by atoms with Crippen molar-refractivity contribution >= 4 is 17.5 Å². The van der Waals surface area contributed by atoms with Gasteiger partial charge in [-0.1, -0.05) is 67.9 Å². The zero-order valence-electron chi connectivity index (χ0n) is 16.9. The molecule has 3 nitrogen and oxygen atoms in total. The van der Waals surface area contributed by atoms with Crippen LogP contribution in [0.15, 0.2) is 54.6 Å². The van der Waals surface area contributed by atoms with Crippen molar-refractivity contribution in [3.63, 3.8) is 0 Å². The van der Waals surface area contributed by atoms with Gasteiger partial charge >= 0.3 is 0 Å². The maximum absolute atomic E-state index is 12.9. The van der Waals surface area contributed by atoms with Crippen LogP contribution in [0.5, 0.6) is 0 Å². The quantitative estimate of drug-likeness (QED) is 0.672. The Morgan fingerprint density at radius 1 is 1.11 bits per heavy atom. The lowest BCUT2D eigenvalue weighted by Gasteiger charge is -2.32. The van der Waals surface area contributed by atoms with Crippen LogP contribution in [0.3, 0.4) is 0 Å². The fourth-order valence-electron chi connectivity index (χ4n) is 3.97. The summed E-state index contributed by atoms with van der Waals surface area (Å²) in [5.74, 6) is 0.843. The van der Waals surface area contributed by atoms with Crippen molar-refractivity contribution in [2.75, 3.05) is 13.1 Å². The average Bonchev–Trinajstić information content (AvgIpc) is 2.68. The summed E-state index contributed by atoms with van der Waals surface area (Å²) in [6, 6.07) is 18.5. The normalized spacial score (nSPS) is 16.9. The van der Waals surface area contributed by atoms with Gasteiger partial charge in [-0.3, -0.25) is 9.69 Å². The SMILES string of the molecule is CC(C)C[C@@H](NC(=O)C1CCN(Cc2cccc(Cl)c2)CC1)c1ccccc1. The van der Waals surface area contributed by atoms with E-state index in [1.807, 2.05) is 36.4 Å². The molecule has 150 valence electrons. The van der Waals surface area contributed by atoms with E-state index < -0.39 is 0 Å². The van der Waals surface area contributed by atoms with Crippen molar-refractivity contribution in [2.24, 2.45) is 11.8 Å². The molecule has 0 radical (unpaired) electrons. The molecule has 0 bridgehead atoms. The number of benzene rings is 2. The molecule has 2 aromatic rings. The van der Waals surface area contributed by atoms with Gasteiger partial charge in [0, 0.05) is 17.5 Å². The summed E-state index contributed by atoms with van der Waals surface area (Å²) in [6.45, 7) is 7.21. The second-order valence-electron chi connectivity index (χ2n) is 8.28. The van der Waals surface area contributed by atoms with Gasteiger partial charge in [0.05, 0.1) is 6.04 Å². The number of piperidine rings is 1. The molecular weight excluding hydrogens is 368 g/mol. The molecule has 28 heavy (non-hydrogen) atoms. The number of hydrogen-bond donors (Lipinski definition) is 1. The Kier molecular flexibility index (Phi) is 7.52. The van der Waals surface area contributed by atoms with Gasteiger partial charge in [0.2, 0.25) is 5.91 Å². The predicted molar refractivity (Wildman–Crippen MR) is 116 cm³/mol. The van der Waals surface area contributed by atoms with Gasteiger partial charge in [-0.25, -0.2) is 0 Å². The minimum atomic E-state index is 0.0955. The molecule has 2 aromatic carbocycles. The van der Waals surface area contributed by atoms with Crippen molar-refractivity contribution in [3.05, 3.63) is 70.7 Å². The Morgan fingerprint density at radius 2 is 1.82 bits per heavy atom. The highest BCUT2D eigenvalue weighted by Crippen LogP contribution is 2.25. The summed E-state index contributed by atoms with van der Waals surface area (Å²) in [6.07, 6.45) is 2.79. The summed E-state index contributed by atoms with van der Waals surface area (Å²) in [7, 11) is 0. The average molecular weight is 399 g/mol. The van der Waals surface area contributed by atoms with Crippen LogP contribution >= 0.6 is 11.6 Å². The lowest BCUT2D eigenvalue weighted by Crippen LogP contribution is -2.41. The van der Waals surface area contributed by atoms with Crippen LogP contribution in [0.4, 0.5) is 0 Å². The smallest absolute Gasteiger partial charge is 0.223 e. The maximum atomic E-state index is 12.9. The molecule has 4 heteroatoms. The minimum Gasteiger partial charge on any atom is -0.349 e. The van der Waals surface area contributed by atoms with Gasteiger partial charge in [-0.2, -0.15) is 0 Å². The summed E-state index contributed by atoms with van der Waals surface area (Å²) < 4.78 is 0. The van der Waals surface area contributed by atoms with Gasteiger partial charge < -0.3 is 5.32 Å². The third-order valence-electron chi connectivity index (χ3n) is 5.48. The van der Waals surface area contributed by atoms with Crippen LogP contribution in [0.2, 0.25) is 5.02 Å². The largest absolute Gasteiger partial charge is 0.349 e. The fraction of sp³-hybridized carbons (Fsp3) is 0.458. The first kappa shape index (κ1) is 20.9. The number of likely N-dealkylation sites (tertiary alicyclic amines) is 1. The second-order valence-corrected chi connectivity index (χ2v) is 8.72. The van der Waals surface area contributed by atoms with Crippen LogP contribution in [0.25, 0.3) is 0 Å². The first-order chi connectivity index (χ1) is 13.5. The molecule has 1 aliphatic heterocycles. The zero-order valence-corrected chi connectivity index (χ0v) is 17.7. The number of amides is 1.